The van der Waals surface area contributed by atoms with Crippen LogP contribution in [-0.4, -0.2) is 49.0 Å². The molecule has 2 aliphatic rings. The fourth-order valence-electron chi connectivity index (χ4n) is 2.54. The van der Waals surface area contributed by atoms with Gasteiger partial charge < -0.3 is 20.5 Å². The third-order valence-electron chi connectivity index (χ3n) is 4.08. The lowest BCUT2D eigenvalue weighted by atomic mass is 9.94. The molecule has 5 nitrogen and oxygen atoms in total. The monoisotopic (exact) mass is 242 g/mol. The maximum atomic E-state index is 12.0. The van der Waals surface area contributed by atoms with E-state index in [0.717, 1.165) is 13.1 Å². The van der Waals surface area contributed by atoms with Gasteiger partial charge in [-0.2, -0.15) is 0 Å². The maximum absolute atomic E-state index is 12.0. The van der Waals surface area contributed by atoms with Gasteiger partial charge in [0.2, 0.25) is 5.91 Å². The summed E-state index contributed by atoms with van der Waals surface area (Å²) in [5.41, 5.74) is -0.898. The quantitative estimate of drug-likeness (QED) is 0.624. The Morgan fingerprint density at radius 2 is 2.29 bits per heavy atom. The summed E-state index contributed by atoms with van der Waals surface area (Å²) in [6.45, 7) is 6.39. The van der Waals surface area contributed by atoms with Crippen LogP contribution >= 0.6 is 0 Å². The topological polar surface area (TPSA) is 70.6 Å². The Hall–Kier alpha value is -0.650. The van der Waals surface area contributed by atoms with Crippen LogP contribution in [0, 0.1) is 11.8 Å². The molecule has 0 aromatic carbocycles. The van der Waals surface area contributed by atoms with Gasteiger partial charge in [-0.05, 0) is 19.4 Å². The molecule has 5 heteroatoms. The first-order chi connectivity index (χ1) is 8.03. The third kappa shape index (κ3) is 2.61. The Balaban J connectivity index is 1.83. The summed E-state index contributed by atoms with van der Waals surface area (Å²) in [5.74, 6) is 0.424. The lowest BCUT2D eigenvalue weighted by Gasteiger charge is -2.27. The molecule has 2 rings (SSSR count). The highest BCUT2D eigenvalue weighted by atomic mass is 16.5. The van der Waals surface area contributed by atoms with E-state index >= 15 is 0 Å². The first-order valence-electron chi connectivity index (χ1n) is 6.35. The first-order valence-corrected chi connectivity index (χ1v) is 6.35. The van der Waals surface area contributed by atoms with E-state index in [4.69, 9.17) is 4.74 Å². The van der Waals surface area contributed by atoms with Crippen LogP contribution in [0.15, 0.2) is 0 Å². The zero-order valence-corrected chi connectivity index (χ0v) is 10.5. The van der Waals surface area contributed by atoms with E-state index in [0.29, 0.717) is 18.9 Å². The van der Waals surface area contributed by atoms with Crippen LogP contribution < -0.4 is 10.6 Å². The Bertz CT molecular complexity index is 297. The fourth-order valence-corrected chi connectivity index (χ4v) is 2.54. The van der Waals surface area contributed by atoms with Gasteiger partial charge >= 0.3 is 0 Å². The molecule has 0 spiro atoms. The second-order valence-electron chi connectivity index (χ2n) is 5.33. The molecule has 2 fully saturated rings. The van der Waals surface area contributed by atoms with Crippen LogP contribution in [-0.2, 0) is 9.53 Å². The van der Waals surface area contributed by atoms with Crippen molar-refractivity contribution in [2.24, 2.45) is 11.8 Å². The minimum absolute atomic E-state index is 0.0243. The maximum Gasteiger partial charge on any atom is 0.224 e. The van der Waals surface area contributed by atoms with E-state index < -0.39 is 5.60 Å². The summed E-state index contributed by atoms with van der Waals surface area (Å²) in [6.07, 6.45) is 0.384. The van der Waals surface area contributed by atoms with Gasteiger partial charge in [-0.15, -0.1) is 0 Å². The molecule has 4 unspecified atom stereocenters. The lowest BCUT2D eigenvalue weighted by Crippen LogP contribution is -2.49. The molecule has 0 bridgehead atoms. The summed E-state index contributed by atoms with van der Waals surface area (Å²) in [4.78, 5) is 12.0. The normalized spacial score (nSPS) is 41.7. The lowest BCUT2D eigenvalue weighted by molar-refractivity contribution is -0.127. The number of hydrogen-bond acceptors (Lipinski definition) is 4. The standard InChI is InChI=1S/C12H22N2O3/c1-8-5-13-6-10(8)11(15)14-7-12(16)3-4-17-9(12)2/h8-10,13,16H,3-7H2,1-2H3,(H,14,15). The Labute approximate surface area is 102 Å². The van der Waals surface area contributed by atoms with E-state index in [9.17, 15) is 9.90 Å². The van der Waals surface area contributed by atoms with Crippen LogP contribution in [0.2, 0.25) is 0 Å². The highest BCUT2D eigenvalue weighted by Crippen LogP contribution is 2.25. The Morgan fingerprint density at radius 1 is 1.53 bits per heavy atom. The molecule has 4 atom stereocenters. The number of rotatable bonds is 3. The van der Waals surface area contributed by atoms with Crippen molar-refractivity contribution in [3.05, 3.63) is 0 Å². The summed E-state index contributed by atoms with van der Waals surface area (Å²) in [5, 5.41) is 16.3. The van der Waals surface area contributed by atoms with E-state index in [2.05, 4.69) is 17.6 Å². The number of amides is 1. The predicted molar refractivity (Wildman–Crippen MR) is 63.5 cm³/mol. The number of carbonyl (C=O) groups excluding carboxylic acids is 1. The molecular weight excluding hydrogens is 220 g/mol. The van der Waals surface area contributed by atoms with Gasteiger partial charge in [-0.3, -0.25) is 4.79 Å². The van der Waals surface area contributed by atoms with Crippen molar-refractivity contribution in [2.75, 3.05) is 26.2 Å². The van der Waals surface area contributed by atoms with E-state index in [1.807, 2.05) is 6.92 Å². The molecule has 2 aliphatic heterocycles. The molecule has 2 heterocycles. The number of hydrogen-bond donors (Lipinski definition) is 3. The second kappa shape index (κ2) is 4.92. The van der Waals surface area contributed by atoms with Crippen molar-refractivity contribution in [3.63, 3.8) is 0 Å². The highest BCUT2D eigenvalue weighted by molar-refractivity contribution is 5.79. The average Bonchev–Trinajstić information content (AvgIpc) is 2.84. The van der Waals surface area contributed by atoms with Gasteiger partial charge in [0, 0.05) is 26.1 Å². The van der Waals surface area contributed by atoms with Gasteiger partial charge in [0.1, 0.15) is 5.60 Å². The number of aliphatic hydroxyl groups is 1. The van der Waals surface area contributed by atoms with Gasteiger partial charge in [0.15, 0.2) is 0 Å². The highest BCUT2D eigenvalue weighted by Gasteiger charge is 2.40. The van der Waals surface area contributed by atoms with Gasteiger partial charge in [-0.25, -0.2) is 0 Å². The van der Waals surface area contributed by atoms with E-state index in [1.54, 1.807) is 0 Å². The summed E-state index contributed by atoms with van der Waals surface area (Å²) in [7, 11) is 0. The summed E-state index contributed by atoms with van der Waals surface area (Å²) < 4.78 is 5.33. The Morgan fingerprint density at radius 3 is 2.82 bits per heavy atom. The SMILES string of the molecule is CC1CNCC1C(=O)NCC1(O)CCOC1C. The zero-order valence-electron chi connectivity index (χ0n) is 10.5. The van der Waals surface area contributed by atoms with Crippen molar-refractivity contribution < 1.29 is 14.6 Å². The molecule has 17 heavy (non-hydrogen) atoms. The molecule has 0 radical (unpaired) electrons. The van der Waals surface area contributed by atoms with Gasteiger partial charge in [0.05, 0.1) is 12.0 Å². The molecule has 0 saturated carbocycles. The molecule has 0 aliphatic carbocycles. The zero-order chi connectivity index (χ0) is 12.5. The van der Waals surface area contributed by atoms with Crippen LogP contribution in [0.1, 0.15) is 20.3 Å². The molecule has 0 aromatic rings. The van der Waals surface area contributed by atoms with E-state index in [-0.39, 0.29) is 24.5 Å². The van der Waals surface area contributed by atoms with E-state index in [1.165, 1.54) is 0 Å². The molecule has 0 aromatic heterocycles. The molecule has 1 amide bonds. The number of ether oxygens (including phenoxy) is 1. The largest absolute Gasteiger partial charge is 0.385 e. The Kier molecular flexibility index (Phi) is 3.70. The predicted octanol–water partition coefficient (Wildman–Crippen LogP) is -0.502. The van der Waals surface area contributed by atoms with Gasteiger partial charge in [-0.1, -0.05) is 6.92 Å². The van der Waals surface area contributed by atoms with Crippen molar-refractivity contribution in [3.8, 4) is 0 Å². The van der Waals surface area contributed by atoms with Gasteiger partial charge in [0.25, 0.3) is 0 Å². The van der Waals surface area contributed by atoms with Crippen molar-refractivity contribution in [2.45, 2.75) is 32.0 Å². The second-order valence-corrected chi connectivity index (χ2v) is 5.33. The van der Waals surface area contributed by atoms with Crippen LogP contribution in [0.25, 0.3) is 0 Å². The van der Waals surface area contributed by atoms with Crippen LogP contribution in [0.3, 0.4) is 0 Å². The van der Waals surface area contributed by atoms with Crippen LogP contribution in [0.5, 0.6) is 0 Å². The smallest absolute Gasteiger partial charge is 0.224 e. The van der Waals surface area contributed by atoms with Crippen molar-refractivity contribution >= 4 is 5.91 Å². The summed E-state index contributed by atoms with van der Waals surface area (Å²) >= 11 is 0. The van der Waals surface area contributed by atoms with Crippen molar-refractivity contribution in [1.82, 2.24) is 10.6 Å². The fraction of sp³-hybridized carbons (Fsp3) is 0.917. The number of nitrogens with one attached hydrogen (secondary N) is 2. The summed E-state index contributed by atoms with van der Waals surface area (Å²) in [6, 6.07) is 0. The average molecular weight is 242 g/mol. The minimum Gasteiger partial charge on any atom is -0.385 e. The molecular formula is C12H22N2O3. The molecule has 98 valence electrons. The molecule has 3 N–H and O–H groups in total. The first kappa shape index (κ1) is 12.8. The third-order valence-corrected chi connectivity index (χ3v) is 4.08. The number of carbonyl (C=O) groups is 1. The van der Waals surface area contributed by atoms with Crippen molar-refractivity contribution in [1.29, 1.82) is 0 Å². The minimum atomic E-state index is -0.898. The van der Waals surface area contributed by atoms with Crippen LogP contribution in [0.4, 0.5) is 0 Å². The molecule has 2 saturated heterocycles.